The average Bonchev–Trinajstić information content (AvgIpc) is 2.74. The molecule has 1 atom stereocenters. The molecule has 0 saturated carbocycles. The molecule has 2 rings (SSSR count). The summed E-state index contributed by atoms with van der Waals surface area (Å²) in [5.41, 5.74) is 3.71. The molecule has 2 aromatic rings. The number of rotatable bonds is 3. The van der Waals surface area contributed by atoms with Gasteiger partial charge in [-0.15, -0.1) is 11.3 Å². The van der Waals surface area contributed by atoms with Gasteiger partial charge in [0.2, 0.25) is 0 Å². The first kappa shape index (κ1) is 12.2. The first-order chi connectivity index (χ1) is 8.13. The molecular formula is C13H16N2OS. The maximum atomic E-state index is 10.4. The highest BCUT2D eigenvalue weighted by Crippen LogP contribution is 2.30. The van der Waals surface area contributed by atoms with E-state index in [9.17, 15) is 5.11 Å². The molecule has 0 aliphatic heterocycles. The number of nitrogens with zero attached hydrogens (tertiary/aromatic N) is 2. The van der Waals surface area contributed by atoms with E-state index in [2.05, 4.69) is 10.2 Å². The van der Waals surface area contributed by atoms with Crippen molar-refractivity contribution in [2.45, 2.75) is 33.3 Å². The molecule has 1 unspecified atom stereocenters. The van der Waals surface area contributed by atoms with Gasteiger partial charge in [-0.1, -0.05) is 6.92 Å². The van der Waals surface area contributed by atoms with Crippen LogP contribution in [0.4, 0.5) is 0 Å². The molecule has 2 aromatic heterocycles. The van der Waals surface area contributed by atoms with E-state index in [4.69, 9.17) is 0 Å². The fourth-order valence-corrected chi connectivity index (χ4v) is 2.78. The summed E-state index contributed by atoms with van der Waals surface area (Å²) in [6, 6.07) is 3.95. The maximum Gasteiger partial charge on any atom is 0.115 e. The molecule has 4 heteroatoms. The normalized spacial score (nSPS) is 12.7. The minimum Gasteiger partial charge on any atom is -0.383 e. The van der Waals surface area contributed by atoms with Crippen LogP contribution in [0.5, 0.6) is 0 Å². The Morgan fingerprint density at radius 3 is 2.71 bits per heavy atom. The lowest BCUT2D eigenvalue weighted by Gasteiger charge is -2.14. The van der Waals surface area contributed by atoms with Crippen LogP contribution in [-0.4, -0.2) is 15.3 Å². The molecule has 0 aromatic carbocycles. The molecule has 1 N–H and O–H groups in total. The van der Waals surface area contributed by atoms with Gasteiger partial charge < -0.3 is 5.11 Å². The smallest absolute Gasteiger partial charge is 0.115 e. The molecule has 0 fully saturated rings. The third-order valence-electron chi connectivity index (χ3n) is 2.81. The number of hydrogen-bond acceptors (Lipinski definition) is 4. The van der Waals surface area contributed by atoms with Crippen LogP contribution in [0.1, 0.15) is 40.4 Å². The summed E-state index contributed by atoms with van der Waals surface area (Å²) in [5.74, 6) is 0. The van der Waals surface area contributed by atoms with Gasteiger partial charge in [0.1, 0.15) is 6.10 Å². The van der Waals surface area contributed by atoms with Gasteiger partial charge in [0.05, 0.1) is 11.4 Å². The molecule has 0 aliphatic rings. The monoisotopic (exact) mass is 248 g/mol. The fraction of sp³-hybridized carbons (Fsp3) is 0.385. The minimum atomic E-state index is -0.584. The van der Waals surface area contributed by atoms with Crippen LogP contribution in [0.2, 0.25) is 0 Å². The Balaban J connectivity index is 2.46. The number of aryl methyl sites for hydroxylation is 3. The lowest BCUT2D eigenvalue weighted by atomic mass is 10.0. The Morgan fingerprint density at radius 1 is 1.35 bits per heavy atom. The van der Waals surface area contributed by atoms with E-state index in [0.717, 1.165) is 33.8 Å². The Kier molecular flexibility index (Phi) is 3.54. The molecule has 0 radical (unpaired) electrons. The molecule has 0 spiro atoms. The zero-order chi connectivity index (χ0) is 12.4. The Labute approximate surface area is 105 Å². The van der Waals surface area contributed by atoms with Crippen LogP contribution in [0.25, 0.3) is 0 Å². The summed E-state index contributed by atoms with van der Waals surface area (Å²) < 4.78 is 0. The van der Waals surface area contributed by atoms with E-state index in [1.165, 1.54) is 0 Å². The van der Waals surface area contributed by atoms with Gasteiger partial charge in [-0.25, -0.2) is 0 Å². The van der Waals surface area contributed by atoms with E-state index in [0.29, 0.717) is 0 Å². The third-order valence-corrected chi connectivity index (χ3v) is 3.88. The van der Waals surface area contributed by atoms with Crippen LogP contribution in [0, 0.1) is 13.8 Å². The summed E-state index contributed by atoms with van der Waals surface area (Å²) in [6.07, 6.45) is 0.198. The predicted molar refractivity (Wildman–Crippen MR) is 69.3 cm³/mol. The van der Waals surface area contributed by atoms with Crippen molar-refractivity contribution < 1.29 is 5.11 Å². The van der Waals surface area contributed by atoms with E-state index >= 15 is 0 Å². The van der Waals surface area contributed by atoms with E-state index in [1.54, 1.807) is 11.3 Å². The van der Waals surface area contributed by atoms with Crippen LogP contribution in [0.3, 0.4) is 0 Å². The highest BCUT2D eigenvalue weighted by atomic mass is 32.1. The van der Waals surface area contributed by atoms with Crippen LogP contribution >= 0.6 is 11.3 Å². The summed E-state index contributed by atoms with van der Waals surface area (Å²) in [7, 11) is 0. The van der Waals surface area contributed by atoms with Crippen molar-refractivity contribution in [1.29, 1.82) is 0 Å². The van der Waals surface area contributed by atoms with Crippen molar-refractivity contribution in [2.24, 2.45) is 0 Å². The number of thiophene rings is 1. The number of hydrogen-bond donors (Lipinski definition) is 1. The van der Waals surface area contributed by atoms with Gasteiger partial charge >= 0.3 is 0 Å². The highest BCUT2D eigenvalue weighted by molar-refractivity contribution is 7.10. The highest BCUT2D eigenvalue weighted by Gasteiger charge is 2.18. The van der Waals surface area contributed by atoms with Crippen molar-refractivity contribution in [2.75, 3.05) is 0 Å². The number of aliphatic hydroxyl groups is 1. The average molecular weight is 248 g/mol. The Bertz CT molecular complexity index is 522. The molecule has 0 saturated heterocycles. The third kappa shape index (κ3) is 2.37. The molecule has 0 amide bonds. The van der Waals surface area contributed by atoms with Gasteiger partial charge in [-0.05, 0) is 43.3 Å². The lowest BCUT2D eigenvalue weighted by molar-refractivity contribution is 0.221. The van der Waals surface area contributed by atoms with Crippen molar-refractivity contribution in [1.82, 2.24) is 10.2 Å². The van der Waals surface area contributed by atoms with Gasteiger partial charge in [0.15, 0.2) is 0 Å². The summed E-state index contributed by atoms with van der Waals surface area (Å²) in [6.45, 7) is 5.93. The van der Waals surface area contributed by atoms with Crippen molar-refractivity contribution in [3.63, 3.8) is 0 Å². The Hall–Kier alpha value is -1.26. The Morgan fingerprint density at radius 2 is 2.12 bits per heavy atom. The fourth-order valence-electron chi connectivity index (χ4n) is 1.85. The van der Waals surface area contributed by atoms with E-state index in [-0.39, 0.29) is 0 Å². The van der Waals surface area contributed by atoms with Crippen molar-refractivity contribution in [3.8, 4) is 0 Å². The summed E-state index contributed by atoms with van der Waals surface area (Å²) in [4.78, 5) is 0.993. The lowest BCUT2D eigenvalue weighted by Crippen LogP contribution is -2.07. The molecule has 0 aliphatic carbocycles. The molecule has 90 valence electrons. The largest absolute Gasteiger partial charge is 0.383 e. The second kappa shape index (κ2) is 4.94. The topological polar surface area (TPSA) is 46.0 Å². The molecular weight excluding hydrogens is 232 g/mol. The van der Waals surface area contributed by atoms with Crippen LogP contribution in [0.15, 0.2) is 17.5 Å². The van der Waals surface area contributed by atoms with Gasteiger partial charge in [0.25, 0.3) is 0 Å². The summed E-state index contributed by atoms with van der Waals surface area (Å²) in [5, 5.41) is 20.6. The quantitative estimate of drug-likeness (QED) is 0.908. The molecule has 17 heavy (non-hydrogen) atoms. The first-order valence-corrected chi connectivity index (χ1v) is 6.56. The molecule has 0 bridgehead atoms. The number of aliphatic hydroxyl groups excluding tert-OH is 1. The van der Waals surface area contributed by atoms with Crippen molar-refractivity contribution in [3.05, 3.63) is 44.9 Å². The SMILES string of the molecule is CCc1nnc(C)cc1C(O)c1sccc1C. The second-order valence-corrected chi connectivity index (χ2v) is 5.06. The molecule has 3 nitrogen and oxygen atoms in total. The second-order valence-electron chi connectivity index (χ2n) is 4.11. The maximum absolute atomic E-state index is 10.4. The van der Waals surface area contributed by atoms with Gasteiger partial charge in [-0.2, -0.15) is 10.2 Å². The van der Waals surface area contributed by atoms with E-state index in [1.807, 2.05) is 38.3 Å². The van der Waals surface area contributed by atoms with Gasteiger partial charge in [0, 0.05) is 10.4 Å². The predicted octanol–water partition coefficient (Wildman–Crippen LogP) is 2.80. The molecule has 2 heterocycles. The first-order valence-electron chi connectivity index (χ1n) is 5.68. The summed E-state index contributed by atoms with van der Waals surface area (Å²) >= 11 is 1.58. The standard InChI is InChI=1S/C13H16N2OS/c1-4-11-10(7-9(3)14-15-11)12(16)13-8(2)5-6-17-13/h5-7,12,16H,4H2,1-3H3. The number of aromatic nitrogens is 2. The zero-order valence-electron chi connectivity index (χ0n) is 10.3. The van der Waals surface area contributed by atoms with Crippen LogP contribution in [-0.2, 0) is 6.42 Å². The van der Waals surface area contributed by atoms with Crippen molar-refractivity contribution >= 4 is 11.3 Å². The van der Waals surface area contributed by atoms with Crippen LogP contribution < -0.4 is 0 Å². The van der Waals surface area contributed by atoms with E-state index < -0.39 is 6.10 Å². The zero-order valence-corrected chi connectivity index (χ0v) is 11.1. The van der Waals surface area contributed by atoms with Gasteiger partial charge in [-0.3, -0.25) is 0 Å². The minimum absolute atomic E-state index is 0.584.